The minimum absolute atomic E-state index is 0.0970. The van der Waals surface area contributed by atoms with Gasteiger partial charge in [0.05, 0.1) is 12.3 Å². The smallest absolute Gasteiger partial charge is 0.265 e. The first-order valence-electron chi connectivity index (χ1n) is 5.85. The van der Waals surface area contributed by atoms with Crippen molar-refractivity contribution in [1.82, 2.24) is 9.97 Å². The SMILES string of the molecule is O=S(=O)(Nc1nc(C2CC2)cs1)c1c[nH]c(CO)c1. The summed E-state index contributed by atoms with van der Waals surface area (Å²) in [6.07, 6.45) is 3.62. The molecule has 0 saturated heterocycles. The number of hydrogen-bond donors (Lipinski definition) is 3. The summed E-state index contributed by atoms with van der Waals surface area (Å²) in [7, 11) is -3.64. The molecule has 0 atom stereocenters. The first-order chi connectivity index (χ1) is 9.08. The van der Waals surface area contributed by atoms with E-state index in [4.69, 9.17) is 5.11 Å². The highest BCUT2D eigenvalue weighted by Crippen LogP contribution is 2.41. The molecular weight excluding hydrogens is 286 g/mol. The average molecular weight is 299 g/mol. The maximum Gasteiger partial charge on any atom is 0.265 e. The van der Waals surface area contributed by atoms with Gasteiger partial charge < -0.3 is 10.1 Å². The minimum atomic E-state index is -3.64. The van der Waals surface area contributed by atoms with Gasteiger partial charge in [0.25, 0.3) is 10.0 Å². The Bertz CT molecular complexity index is 686. The molecule has 0 unspecified atom stereocenters. The Morgan fingerprint density at radius 2 is 2.32 bits per heavy atom. The number of thiazole rings is 1. The van der Waals surface area contributed by atoms with Crippen LogP contribution in [0.15, 0.2) is 22.5 Å². The molecule has 3 rings (SSSR count). The Balaban J connectivity index is 1.79. The fraction of sp³-hybridized carbons (Fsp3) is 0.364. The lowest BCUT2D eigenvalue weighted by atomic mass is 10.3. The van der Waals surface area contributed by atoms with Gasteiger partial charge in [-0.25, -0.2) is 13.4 Å². The number of aromatic amines is 1. The fourth-order valence-electron chi connectivity index (χ4n) is 1.74. The van der Waals surface area contributed by atoms with Crippen molar-refractivity contribution >= 4 is 26.5 Å². The zero-order valence-electron chi connectivity index (χ0n) is 9.96. The predicted octanol–water partition coefficient (Wildman–Crippen LogP) is 1.64. The van der Waals surface area contributed by atoms with Gasteiger partial charge in [-0.2, -0.15) is 0 Å². The van der Waals surface area contributed by atoms with E-state index in [0.717, 1.165) is 18.5 Å². The third-order valence-electron chi connectivity index (χ3n) is 2.94. The molecule has 0 aromatic carbocycles. The van der Waals surface area contributed by atoms with Crippen LogP contribution in [0.1, 0.15) is 30.1 Å². The van der Waals surface area contributed by atoms with E-state index in [9.17, 15) is 8.42 Å². The molecule has 2 heterocycles. The molecule has 2 aromatic heterocycles. The lowest BCUT2D eigenvalue weighted by Crippen LogP contribution is -2.12. The zero-order chi connectivity index (χ0) is 13.5. The van der Waals surface area contributed by atoms with E-state index in [-0.39, 0.29) is 11.5 Å². The van der Waals surface area contributed by atoms with Gasteiger partial charge in [-0.1, -0.05) is 0 Å². The zero-order valence-corrected chi connectivity index (χ0v) is 11.6. The molecule has 0 spiro atoms. The van der Waals surface area contributed by atoms with Crippen LogP contribution < -0.4 is 4.72 Å². The summed E-state index contributed by atoms with van der Waals surface area (Å²) < 4.78 is 26.6. The number of aliphatic hydroxyl groups excluding tert-OH is 1. The van der Waals surface area contributed by atoms with E-state index < -0.39 is 10.0 Å². The first-order valence-corrected chi connectivity index (χ1v) is 8.21. The van der Waals surface area contributed by atoms with E-state index >= 15 is 0 Å². The Morgan fingerprint density at radius 3 is 2.95 bits per heavy atom. The molecule has 102 valence electrons. The lowest BCUT2D eigenvalue weighted by molar-refractivity contribution is 0.277. The number of anilines is 1. The van der Waals surface area contributed by atoms with Gasteiger partial charge in [-0.05, 0) is 18.9 Å². The van der Waals surface area contributed by atoms with Gasteiger partial charge in [0.15, 0.2) is 5.13 Å². The Labute approximate surface area is 114 Å². The van der Waals surface area contributed by atoms with Crippen LogP contribution in [0.25, 0.3) is 0 Å². The number of hydrogen-bond acceptors (Lipinski definition) is 5. The Kier molecular flexibility index (Phi) is 3.08. The van der Waals surface area contributed by atoms with Crippen LogP contribution in [0.4, 0.5) is 5.13 Å². The molecule has 1 aliphatic rings. The van der Waals surface area contributed by atoms with Crippen molar-refractivity contribution in [1.29, 1.82) is 0 Å². The van der Waals surface area contributed by atoms with Gasteiger partial charge in [-0.3, -0.25) is 4.72 Å². The predicted molar refractivity (Wildman–Crippen MR) is 71.6 cm³/mol. The summed E-state index contributed by atoms with van der Waals surface area (Å²) in [5, 5.41) is 11.2. The monoisotopic (exact) mass is 299 g/mol. The summed E-state index contributed by atoms with van der Waals surface area (Å²) in [4.78, 5) is 7.07. The molecule has 0 amide bonds. The van der Waals surface area contributed by atoms with Crippen molar-refractivity contribution in [2.75, 3.05) is 4.72 Å². The normalized spacial score (nSPS) is 15.6. The number of nitrogens with zero attached hydrogens (tertiary/aromatic N) is 1. The first kappa shape index (κ1) is 12.6. The van der Waals surface area contributed by atoms with Gasteiger partial charge in [0.2, 0.25) is 0 Å². The Hall–Kier alpha value is -1.38. The number of rotatable bonds is 5. The van der Waals surface area contributed by atoms with Crippen molar-refractivity contribution in [3.8, 4) is 0 Å². The molecule has 0 bridgehead atoms. The third kappa shape index (κ3) is 2.65. The molecule has 1 fully saturated rings. The number of sulfonamides is 1. The average Bonchev–Trinajstić information content (AvgIpc) is 2.92. The van der Waals surface area contributed by atoms with Crippen molar-refractivity contribution < 1.29 is 13.5 Å². The van der Waals surface area contributed by atoms with Crippen molar-refractivity contribution in [3.63, 3.8) is 0 Å². The van der Waals surface area contributed by atoms with Crippen LogP contribution in [0.5, 0.6) is 0 Å². The van der Waals surface area contributed by atoms with Crippen LogP contribution >= 0.6 is 11.3 Å². The van der Waals surface area contributed by atoms with Gasteiger partial charge >= 0.3 is 0 Å². The maximum absolute atomic E-state index is 12.1. The van der Waals surface area contributed by atoms with Crippen LogP contribution in [0.2, 0.25) is 0 Å². The summed E-state index contributed by atoms with van der Waals surface area (Å²) in [6.45, 7) is -0.224. The second-order valence-electron chi connectivity index (χ2n) is 4.48. The number of H-pyrrole nitrogens is 1. The number of aliphatic hydroxyl groups is 1. The summed E-state index contributed by atoms with van der Waals surface area (Å²) in [5.74, 6) is 0.503. The molecule has 19 heavy (non-hydrogen) atoms. The third-order valence-corrected chi connectivity index (χ3v) is 5.16. The van der Waals surface area contributed by atoms with Crippen molar-refractivity contribution in [2.24, 2.45) is 0 Å². The van der Waals surface area contributed by atoms with Crippen LogP contribution in [-0.2, 0) is 16.6 Å². The molecule has 2 aromatic rings. The van der Waals surface area contributed by atoms with E-state index in [0.29, 0.717) is 16.7 Å². The second-order valence-corrected chi connectivity index (χ2v) is 7.02. The Morgan fingerprint density at radius 1 is 1.53 bits per heavy atom. The van der Waals surface area contributed by atoms with E-state index in [1.165, 1.54) is 23.6 Å². The highest BCUT2D eigenvalue weighted by molar-refractivity contribution is 7.93. The highest BCUT2D eigenvalue weighted by Gasteiger charge is 2.27. The standard InChI is InChI=1S/C11H13N3O3S2/c15-5-8-3-9(4-12-8)19(16,17)14-11-13-10(6-18-11)7-1-2-7/h3-4,6-7,12,15H,1-2,5H2,(H,13,14). The highest BCUT2D eigenvalue weighted by atomic mass is 32.2. The summed E-state index contributed by atoms with van der Waals surface area (Å²) >= 11 is 1.29. The fourth-order valence-corrected chi connectivity index (χ4v) is 3.80. The minimum Gasteiger partial charge on any atom is -0.390 e. The van der Waals surface area contributed by atoms with Gasteiger partial charge in [-0.15, -0.1) is 11.3 Å². The van der Waals surface area contributed by atoms with Crippen LogP contribution in [0, 0.1) is 0 Å². The number of nitrogens with one attached hydrogen (secondary N) is 2. The molecule has 1 saturated carbocycles. The molecule has 3 N–H and O–H groups in total. The second kappa shape index (κ2) is 4.62. The quantitative estimate of drug-likeness (QED) is 0.782. The topological polar surface area (TPSA) is 95.1 Å². The maximum atomic E-state index is 12.1. The molecule has 1 aliphatic carbocycles. The van der Waals surface area contributed by atoms with Crippen molar-refractivity contribution in [3.05, 3.63) is 29.0 Å². The van der Waals surface area contributed by atoms with Crippen LogP contribution in [-0.4, -0.2) is 23.5 Å². The molecular formula is C11H13N3O3S2. The van der Waals surface area contributed by atoms with Crippen LogP contribution in [0.3, 0.4) is 0 Å². The molecule has 0 aliphatic heterocycles. The van der Waals surface area contributed by atoms with E-state index in [1.807, 2.05) is 5.38 Å². The van der Waals surface area contributed by atoms with Crippen molar-refractivity contribution in [2.45, 2.75) is 30.3 Å². The number of aromatic nitrogens is 2. The molecule has 6 nitrogen and oxygen atoms in total. The lowest BCUT2D eigenvalue weighted by Gasteiger charge is -2.01. The van der Waals surface area contributed by atoms with Gasteiger partial charge in [0.1, 0.15) is 4.90 Å². The largest absolute Gasteiger partial charge is 0.390 e. The van der Waals surface area contributed by atoms with E-state index in [2.05, 4.69) is 14.7 Å². The summed E-state index contributed by atoms with van der Waals surface area (Å²) in [6, 6.07) is 1.40. The molecule has 0 radical (unpaired) electrons. The van der Waals surface area contributed by atoms with E-state index in [1.54, 1.807) is 0 Å². The van der Waals surface area contributed by atoms with Gasteiger partial charge in [0, 0.05) is 23.2 Å². The summed E-state index contributed by atoms with van der Waals surface area (Å²) in [5.41, 5.74) is 1.42. The molecule has 8 heteroatoms.